The predicted octanol–water partition coefficient (Wildman–Crippen LogP) is 4.38. The van der Waals surface area contributed by atoms with Gasteiger partial charge >= 0.3 is 0 Å². The lowest BCUT2D eigenvalue weighted by Crippen LogP contribution is -2.20. The second-order valence-corrected chi connectivity index (χ2v) is 6.12. The van der Waals surface area contributed by atoms with E-state index in [0.717, 1.165) is 18.8 Å². The fraction of sp³-hybridized carbons (Fsp3) is 0.235. The van der Waals surface area contributed by atoms with Crippen molar-refractivity contribution in [1.82, 2.24) is 15.3 Å². The van der Waals surface area contributed by atoms with Crippen LogP contribution >= 0.6 is 11.3 Å². The zero-order valence-electron chi connectivity index (χ0n) is 12.0. The van der Waals surface area contributed by atoms with Crippen LogP contribution in [0.15, 0.2) is 54.9 Å². The third-order valence-electron chi connectivity index (χ3n) is 3.50. The molecule has 0 bridgehead atoms. The molecule has 21 heavy (non-hydrogen) atoms. The van der Waals surface area contributed by atoms with Crippen LogP contribution in [0.25, 0.3) is 10.4 Å². The molecular weight excluding hydrogens is 278 g/mol. The lowest BCUT2D eigenvalue weighted by molar-refractivity contribution is 0.500. The Bertz CT molecular complexity index is 658. The first kappa shape index (κ1) is 14.0. The van der Waals surface area contributed by atoms with E-state index in [1.807, 2.05) is 17.5 Å². The van der Waals surface area contributed by atoms with Crippen LogP contribution in [-0.2, 0) is 6.54 Å². The molecule has 0 saturated carbocycles. The Labute approximate surface area is 129 Å². The number of aromatic nitrogens is 2. The molecule has 4 heteroatoms. The maximum Gasteiger partial charge on any atom is 0.123 e. The van der Waals surface area contributed by atoms with Crippen LogP contribution in [0.3, 0.4) is 0 Å². The summed E-state index contributed by atoms with van der Waals surface area (Å²) in [5.74, 6) is 1.01. The van der Waals surface area contributed by atoms with Crippen LogP contribution in [-0.4, -0.2) is 9.97 Å². The molecule has 3 nitrogen and oxygen atoms in total. The van der Waals surface area contributed by atoms with Crippen LogP contribution in [0.1, 0.15) is 30.1 Å². The number of nitrogens with one attached hydrogen (secondary N) is 2. The second kappa shape index (κ2) is 6.70. The van der Waals surface area contributed by atoms with Crippen molar-refractivity contribution >= 4 is 11.3 Å². The number of H-pyrrole nitrogens is 1. The average Bonchev–Trinajstić information content (AvgIpc) is 3.20. The number of thiophene rings is 1. The van der Waals surface area contributed by atoms with Gasteiger partial charge in [0.1, 0.15) is 5.82 Å². The standard InChI is InChI=1S/C17H19N3S/c1-2-15(17-18-10-11-19-17)20-12-14-8-9-16(21-14)13-6-4-3-5-7-13/h3-11,15,20H,2,12H2,1H3,(H,18,19). The van der Waals surface area contributed by atoms with Crippen LogP contribution in [0.4, 0.5) is 0 Å². The number of rotatable bonds is 6. The van der Waals surface area contributed by atoms with Gasteiger partial charge in [-0.15, -0.1) is 11.3 Å². The van der Waals surface area contributed by atoms with Crippen molar-refractivity contribution in [1.29, 1.82) is 0 Å². The lowest BCUT2D eigenvalue weighted by atomic mass is 10.2. The number of nitrogens with zero attached hydrogens (tertiary/aromatic N) is 1. The van der Waals surface area contributed by atoms with E-state index >= 15 is 0 Å². The molecule has 2 N–H and O–H groups in total. The minimum Gasteiger partial charge on any atom is -0.347 e. The Morgan fingerprint density at radius 1 is 1.19 bits per heavy atom. The SMILES string of the molecule is CCC(NCc1ccc(-c2ccccc2)s1)c1ncc[nH]1. The summed E-state index contributed by atoms with van der Waals surface area (Å²) in [5.41, 5.74) is 1.28. The van der Waals surface area contributed by atoms with E-state index in [-0.39, 0.29) is 6.04 Å². The number of imidazole rings is 1. The third-order valence-corrected chi connectivity index (χ3v) is 4.63. The molecule has 0 aliphatic rings. The van der Waals surface area contributed by atoms with Crippen LogP contribution in [0, 0.1) is 0 Å². The van der Waals surface area contributed by atoms with Gasteiger partial charge in [-0.3, -0.25) is 0 Å². The molecule has 0 saturated heterocycles. The molecular formula is C17H19N3S. The zero-order valence-corrected chi connectivity index (χ0v) is 12.9. The largest absolute Gasteiger partial charge is 0.347 e. The van der Waals surface area contributed by atoms with Crippen LogP contribution in [0.2, 0.25) is 0 Å². The molecule has 3 aromatic rings. The monoisotopic (exact) mass is 297 g/mol. The highest BCUT2D eigenvalue weighted by atomic mass is 32.1. The topological polar surface area (TPSA) is 40.7 Å². The first-order valence-corrected chi connectivity index (χ1v) is 8.05. The van der Waals surface area contributed by atoms with Crippen molar-refractivity contribution < 1.29 is 0 Å². The molecule has 3 rings (SSSR count). The normalized spacial score (nSPS) is 12.4. The molecule has 1 unspecified atom stereocenters. The fourth-order valence-electron chi connectivity index (χ4n) is 2.36. The molecule has 0 fully saturated rings. The lowest BCUT2D eigenvalue weighted by Gasteiger charge is -2.13. The van der Waals surface area contributed by atoms with Gasteiger partial charge in [-0.2, -0.15) is 0 Å². The van der Waals surface area contributed by atoms with E-state index in [2.05, 4.69) is 64.7 Å². The molecule has 0 aliphatic heterocycles. The van der Waals surface area contributed by atoms with E-state index in [1.54, 1.807) is 6.20 Å². The Morgan fingerprint density at radius 3 is 2.76 bits per heavy atom. The summed E-state index contributed by atoms with van der Waals surface area (Å²) in [6.45, 7) is 3.04. The molecule has 2 heterocycles. The first-order valence-electron chi connectivity index (χ1n) is 7.23. The van der Waals surface area contributed by atoms with Gasteiger partial charge in [0, 0.05) is 28.7 Å². The third kappa shape index (κ3) is 3.40. The van der Waals surface area contributed by atoms with Gasteiger partial charge in [-0.25, -0.2) is 4.98 Å². The first-order chi connectivity index (χ1) is 10.4. The Kier molecular flexibility index (Phi) is 4.48. The summed E-state index contributed by atoms with van der Waals surface area (Å²) >= 11 is 1.84. The number of hydrogen-bond donors (Lipinski definition) is 2. The molecule has 1 atom stereocenters. The van der Waals surface area contributed by atoms with E-state index in [4.69, 9.17) is 0 Å². The number of benzene rings is 1. The van der Waals surface area contributed by atoms with Gasteiger partial charge in [-0.05, 0) is 24.1 Å². The molecule has 1 aromatic carbocycles. The minimum absolute atomic E-state index is 0.280. The van der Waals surface area contributed by atoms with E-state index in [1.165, 1.54) is 15.3 Å². The summed E-state index contributed by atoms with van der Waals surface area (Å²) in [6.07, 6.45) is 4.70. The molecule has 2 aromatic heterocycles. The number of hydrogen-bond acceptors (Lipinski definition) is 3. The Balaban J connectivity index is 1.65. The van der Waals surface area contributed by atoms with Gasteiger partial charge in [-0.1, -0.05) is 37.3 Å². The summed E-state index contributed by atoms with van der Waals surface area (Å²) in [6, 6.07) is 15.2. The second-order valence-electron chi connectivity index (χ2n) is 4.95. The highest BCUT2D eigenvalue weighted by Crippen LogP contribution is 2.28. The summed E-state index contributed by atoms with van der Waals surface area (Å²) < 4.78 is 0. The highest BCUT2D eigenvalue weighted by molar-refractivity contribution is 7.15. The molecule has 0 amide bonds. The van der Waals surface area contributed by atoms with Gasteiger partial charge < -0.3 is 10.3 Å². The van der Waals surface area contributed by atoms with E-state index in [0.29, 0.717) is 0 Å². The maximum absolute atomic E-state index is 4.34. The molecule has 0 spiro atoms. The van der Waals surface area contributed by atoms with Crippen molar-refractivity contribution in [2.45, 2.75) is 25.9 Å². The van der Waals surface area contributed by atoms with Gasteiger partial charge in [0.2, 0.25) is 0 Å². The van der Waals surface area contributed by atoms with Gasteiger partial charge in [0.25, 0.3) is 0 Å². The van der Waals surface area contributed by atoms with Crippen LogP contribution < -0.4 is 5.32 Å². The minimum atomic E-state index is 0.280. The summed E-state index contributed by atoms with van der Waals surface area (Å²) in [7, 11) is 0. The van der Waals surface area contributed by atoms with Crippen molar-refractivity contribution in [2.24, 2.45) is 0 Å². The van der Waals surface area contributed by atoms with Gasteiger partial charge in [0.05, 0.1) is 6.04 Å². The number of aromatic amines is 1. The van der Waals surface area contributed by atoms with Crippen molar-refractivity contribution in [3.8, 4) is 10.4 Å². The van der Waals surface area contributed by atoms with Crippen molar-refractivity contribution in [2.75, 3.05) is 0 Å². The van der Waals surface area contributed by atoms with Gasteiger partial charge in [0.15, 0.2) is 0 Å². The fourth-order valence-corrected chi connectivity index (χ4v) is 3.32. The predicted molar refractivity (Wildman–Crippen MR) is 88.2 cm³/mol. The van der Waals surface area contributed by atoms with E-state index < -0.39 is 0 Å². The highest BCUT2D eigenvalue weighted by Gasteiger charge is 2.11. The Morgan fingerprint density at radius 2 is 2.05 bits per heavy atom. The molecule has 0 aliphatic carbocycles. The quantitative estimate of drug-likeness (QED) is 0.709. The zero-order chi connectivity index (χ0) is 14.5. The van der Waals surface area contributed by atoms with Crippen molar-refractivity contribution in [3.63, 3.8) is 0 Å². The smallest absolute Gasteiger partial charge is 0.123 e. The Hall–Kier alpha value is -1.91. The molecule has 108 valence electrons. The van der Waals surface area contributed by atoms with Crippen molar-refractivity contribution in [3.05, 3.63) is 65.6 Å². The molecule has 0 radical (unpaired) electrons. The van der Waals surface area contributed by atoms with E-state index in [9.17, 15) is 0 Å². The average molecular weight is 297 g/mol. The maximum atomic E-state index is 4.34. The summed E-state index contributed by atoms with van der Waals surface area (Å²) in [5, 5.41) is 3.57. The summed E-state index contributed by atoms with van der Waals surface area (Å²) in [4.78, 5) is 10.2. The van der Waals surface area contributed by atoms with Crippen LogP contribution in [0.5, 0.6) is 0 Å².